The van der Waals surface area contributed by atoms with Gasteiger partial charge in [0.15, 0.2) is 0 Å². The maximum absolute atomic E-state index is 14.6. The van der Waals surface area contributed by atoms with Crippen LogP contribution in [-0.2, 0) is 19.1 Å². The smallest absolute Gasteiger partial charge is 0.262 e. The average molecular weight is 445 g/mol. The number of benzene rings is 2. The molecule has 2 aromatic carbocycles. The second-order valence-corrected chi connectivity index (χ2v) is 7.27. The molecule has 2 aromatic rings. The SMILES string of the molecule is COCCN(CC(=O)N1N=C(c2ccc(F)cc2)C[C@@H]1c1ccccc1F)C(=O)COC. The van der Waals surface area contributed by atoms with Gasteiger partial charge >= 0.3 is 0 Å². The first-order valence-electron chi connectivity index (χ1n) is 10.1. The number of ether oxygens (including phenoxy) is 2. The zero-order valence-corrected chi connectivity index (χ0v) is 18.0. The molecule has 1 aliphatic heterocycles. The number of nitrogens with zero attached hydrogens (tertiary/aromatic N) is 3. The van der Waals surface area contributed by atoms with Gasteiger partial charge in [-0.1, -0.05) is 30.3 Å². The molecule has 0 aliphatic carbocycles. The predicted molar refractivity (Wildman–Crippen MR) is 114 cm³/mol. The minimum atomic E-state index is -0.689. The van der Waals surface area contributed by atoms with Crippen LogP contribution >= 0.6 is 0 Å². The number of carbonyl (C=O) groups excluding carboxylic acids is 2. The highest BCUT2D eigenvalue weighted by Crippen LogP contribution is 2.34. The molecule has 0 saturated carbocycles. The van der Waals surface area contributed by atoms with Crippen molar-refractivity contribution in [1.29, 1.82) is 0 Å². The summed E-state index contributed by atoms with van der Waals surface area (Å²) in [7, 11) is 2.89. The van der Waals surface area contributed by atoms with Crippen LogP contribution in [0.5, 0.6) is 0 Å². The Morgan fingerprint density at radius 3 is 2.47 bits per heavy atom. The van der Waals surface area contributed by atoms with Gasteiger partial charge in [-0.15, -0.1) is 0 Å². The number of hydrogen-bond donors (Lipinski definition) is 0. The monoisotopic (exact) mass is 445 g/mol. The summed E-state index contributed by atoms with van der Waals surface area (Å²) in [5.74, 6) is -1.70. The molecule has 0 fully saturated rings. The largest absolute Gasteiger partial charge is 0.383 e. The standard InChI is InChI=1S/C23H25F2N3O4/c1-31-12-11-27(23(30)15-32-2)14-22(29)28-21(18-5-3-4-6-19(18)25)13-20(26-28)16-7-9-17(24)10-8-16/h3-10,21H,11-15H2,1-2H3/t21-/m1/s1. The fourth-order valence-electron chi connectivity index (χ4n) is 3.49. The van der Waals surface area contributed by atoms with E-state index in [1.54, 1.807) is 30.3 Å². The maximum Gasteiger partial charge on any atom is 0.262 e. The van der Waals surface area contributed by atoms with Gasteiger partial charge in [0.1, 0.15) is 24.8 Å². The lowest BCUT2D eigenvalue weighted by molar-refractivity contribution is -0.144. The third-order valence-corrected chi connectivity index (χ3v) is 5.12. The highest BCUT2D eigenvalue weighted by atomic mass is 19.1. The first kappa shape index (κ1) is 23.5. The first-order chi connectivity index (χ1) is 15.4. The van der Waals surface area contributed by atoms with Gasteiger partial charge in [0.25, 0.3) is 5.91 Å². The van der Waals surface area contributed by atoms with E-state index in [1.807, 2.05) is 0 Å². The number of hydrazone groups is 1. The summed E-state index contributed by atoms with van der Waals surface area (Å²) in [4.78, 5) is 26.9. The number of hydrogen-bond acceptors (Lipinski definition) is 5. The molecule has 9 heteroatoms. The van der Waals surface area contributed by atoms with Crippen LogP contribution in [0.25, 0.3) is 0 Å². The number of rotatable bonds is 9. The molecule has 2 amide bonds. The average Bonchev–Trinajstić information content (AvgIpc) is 3.22. The first-order valence-corrected chi connectivity index (χ1v) is 10.1. The van der Waals surface area contributed by atoms with E-state index in [-0.39, 0.29) is 38.6 Å². The second-order valence-electron chi connectivity index (χ2n) is 7.27. The van der Waals surface area contributed by atoms with Gasteiger partial charge in [-0.2, -0.15) is 5.10 Å². The molecule has 0 saturated heterocycles. The van der Waals surface area contributed by atoms with Crippen LogP contribution in [0.2, 0.25) is 0 Å². The normalized spacial score (nSPS) is 15.6. The highest BCUT2D eigenvalue weighted by molar-refractivity contribution is 6.03. The van der Waals surface area contributed by atoms with Gasteiger partial charge < -0.3 is 14.4 Å². The third-order valence-electron chi connectivity index (χ3n) is 5.12. The summed E-state index contributed by atoms with van der Waals surface area (Å²) in [6, 6.07) is 11.2. The molecule has 170 valence electrons. The van der Waals surface area contributed by atoms with E-state index in [0.29, 0.717) is 16.8 Å². The van der Waals surface area contributed by atoms with Crippen LogP contribution in [0.1, 0.15) is 23.6 Å². The summed E-state index contributed by atoms with van der Waals surface area (Å²) >= 11 is 0. The Bertz CT molecular complexity index is 981. The molecule has 1 aliphatic rings. The highest BCUT2D eigenvalue weighted by Gasteiger charge is 2.35. The Balaban J connectivity index is 1.90. The summed E-state index contributed by atoms with van der Waals surface area (Å²) in [5, 5.41) is 5.64. The van der Waals surface area contributed by atoms with Crippen molar-refractivity contribution in [3.8, 4) is 0 Å². The molecule has 0 aromatic heterocycles. The minimum Gasteiger partial charge on any atom is -0.383 e. The van der Waals surface area contributed by atoms with E-state index in [0.717, 1.165) is 0 Å². The summed E-state index contributed by atoms with van der Waals surface area (Å²) in [6.45, 7) is -0.0186. The molecule has 3 rings (SSSR count). The molecular formula is C23H25F2N3O4. The zero-order chi connectivity index (χ0) is 23.1. The van der Waals surface area contributed by atoms with Crippen molar-refractivity contribution in [2.45, 2.75) is 12.5 Å². The molecule has 0 N–H and O–H groups in total. The Labute approximate surface area is 185 Å². The molecule has 7 nitrogen and oxygen atoms in total. The van der Waals surface area contributed by atoms with Gasteiger partial charge in [0.05, 0.1) is 18.4 Å². The molecule has 32 heavy (non-hydrogen) atoms. The molecule has 1 atom stereocenters. The van der Waals surface area contributed by atoms with E-state index < -0.39 is 23.6 Å². The number of amides is 2. The molecule has 0 spiro atoms. The Morgan fingerprint density at radius 1 is 1.09 bits per heavy atom. The minimum absolute atomic E-state index is 0.183. The van der Waals surface area contributed by atoms with Crippen molar-refractivity contribution in [2.24, 2.45) is 5.10 Å². The van der Waals surface area contributed by atoms with E-state index in [4.69, 9.17) is 9.47 Å². The van der Waals surface area contributed by atoms with E-state index in [2.05, 4.69) is 5.10 Å². The molecule has 1 heterocycles. The Kier molecular flexibility index (Phi) is 8.02. The molecule has 0 bridgehead atoms. The topological polar surface area (TPSA) is 71.4 Å². The van der Waals surface area contributed by atoms with Crippen molar-refractivity contribution < 1.29 is 27.8 Å². The lowest BCUT2D eigenvalue weighted by atomic mass is 9.98. The van der Waals surface area contributed by atoms with Crippen molar-refractivity contribution in [1.82, 2.24) is 9.91 Å². The van der Waals surface area contributed by atoms with Crippen molar-refractivity contribution in [3.05, 3.63) is 71.3 Å². The van der Waals surface area contributed by atoms with Crippen molar-refractivity contribution in [2.75, 3.05) is 40.5 Å². The van der Waals surface area contributed by atoms with Crippen molar-refractivity contribution >= 4 is 17.5 Å². The van der Waals surface area contributed by atoms with Crippen LogP contribution in [0.4, 0.5) is 8.78 Å². The van der Waals surface area contributed by atoms with Crippen LogP contribution in [0.15, 0.2) is 53.6 Å². The summed E-state index contributed by atoms with van der Waals surface area (Å²) < 4.78 is 37.9. The second kappa shape index (κ2) is 10.9. The van der Waals surface area contributed by atoms with E-state index >= 15 is 0 Å². The number of halogens is 2. The lowest BCUT2D eigenvalue weighted by Gasteiger charge is -2.27. The molecule has 0 radical (unpaired) electrons. The lowest BCUT2D eigenvalue weighted by Crippen LogP contribution is -2.44. The fourth-order valence-corrected chi connectivity index (χ4v) is 3.49. The maximum atomic E-state index is 14.6. The van der Waals surface area contributed by atoms with Crippen LogP contribution < -0.4 is 0 Å². The van der Waals surface area contributed by atoms with Crippen LogP contribution in [-0.4, -0.2) is 68.0 Å². The van der Waals surface area contributed by atoms with Crippen molar-refractivity contribution in [3.63, 3.8) is 0 Å². The van der Waals surface area contributed by atoms with Crippen LogP contribution in [0, 0.1) is 11.6 Å². The molecule has 0 unspecified atom stereocenters. The van der Waals surface area contributed by atoms with E-state index in [1.165, 1.54) is 42.3 Å². The Morgan fingerprint density at radius 2 is 1.81 bits per heavy atom. The number of carbonyl (C=O) groups is 2. The van der Waals surface area contributed by atoms with E-state index in [9.17, 15) is 18.4 Å². The zero-order valence-electron chi connectivity index (χ0n) is 18.0. The van der Waals surface area contributed by atoms with Gasteiger partial charge in [-0.05, 0) is 23.8 Å². The van der Waals surface area contributed by atoms with Gasteiger partial charge in [0, 0.05) is 32.7 Å². The van der Waals surface area contributed by atoms with Gasteiger partial charge in [-0.25, -0.2) is 13.8 Å². The quantitative estimate of drug-likeness (QED) is 0.595. The predicted octanol–water partition coefficient (Wildman–Crippen LogP) is 2.76. The van der Waals surface area contributed by atoms with Gasteiger partial charge in [-0.3, -0.25) is 9.59 Å². The summed E-state index contributed by atoms with van der Waals surface area (Å²) in [6.07, 6.45) is 0.252. The fraction of sp³-hybridized carbons (Fsp3) is 0.348. The number of methoxy groups -OCH3 is 2. The Hall–Kier alpha value is -3.17. The summed E-state index contributed by atoms with van der Waals surface area (Å²) in [5.41, 5.74) is 1.47. The van der Waals surface area contributed by atoms with Gasteiger partial charge in [0.2, 0.25) is 5.91 Å². The van der Waals surface area contributed by atoms with Crippen LogP contribution in [0.3, 0.4) is 0 Å². The molecular weight excluding hydrogens is 420 g/mol. The third kappa shape index (κ3) is 5.54.